The standard InChI is InChI=1S/C18H35BrO3/c1-2-3-4-5-6-7-8-10-13-16-21-18(20)22-17-14-11-9-12-15-19/h2-17H2,1H3. The SMILES string of the molecule is CCCCCCCCCCCOC(=O)OCCCCCCBr. The summed E-state index contributed by atoms with van der Waals surface area (Å²) < 4.78 is 10.1. The Bertz CT molecular complexity index is 234. The predicted molar refractivity (Wildman–Crippen MR) is 96.8 cm³/mol. The van der Waals surface area contributed by atoms with Crippen LogP contribution in [0.25, 0.3) is 0 Å². The van der Waals surface area contributed by atoms with Gasteiger partial charge in [0.05, 0.1) is 13.2 Å². The van der Waals surface area contributed by atoms with Gasteiger partial charge in [-0.3, -0.25) is 0 Å². The first-order chi connectivity index (χ1) is 10.8. The fourth-order valence-corrected chi connectivity index (χ4v) is 2.71. The molecule has 0 radical (unpaired) electrons. The molecule has 0 heterocycles. The third kappa shape index (κ3) is 17.8. The summed E-state index contributed by atoms with van der Waals surface area (Å²) in [5.74, 6) is 0. The number of halogens is 1. The molecule has 0 N–H and O–H groups in total. The fourth-order valence-electron chi connectivity index (χ4n) is 2.32. The van der Waals surface area contributed by atoms with Crippen LogP contribution in [0.1, 0.15) is 90.4 Å². The smallest absolute Gasteiger partial charge is 0.434 e. The lowest BCUT2D eigenvalue weighted by atomic mass is 10.1. The van der Waals surface area contributed by atoms with Gasteiger partial charge in [-0.1, -0.05) is 87.1 Å². The number of hydrogen-bond donors (Lipinski definition) is 0. The van der Waals surface area contributed by atoms with E-state index in [9.17, 15) is 4.79 Å². The van der Waals surface area contributed by atoms with E-state index in [4.69, 9.17) is 9.47 Å². The topological polar surface area (TPSA) is 35.5 Å². The molecular weight excluding hydrogens is 344 g/mol. The van der Waals surface area contributed by atoms with Crippen molar-refractivity contribution in [2.75, 3.05) is 18.5 Å². The van der Waals surface area contributed by atoms with Gasteiger partial charge in [-0.05, 0) is 19.3 Å². The van der Waals surface area contributed by atoms with Crippen molar-refractivity contribution in [3.05, 3.63) is 0 Å². The predicted octanol–water partition coefficient (Wildman–Crippen LogP) is 6.63. The molecule has 0 rings (SSSR count). The Balaban J connectivity index is 3.12. The molecule has 0 atom stereocenters. The van der Waals surface area contributed by atoms with Gasteiger partial charge in [-0.15, -0.1) is 0 Å². The van der Waals surface area contributed by atoms with E-state index in [0.29, 0.717) is 13.2 Å². The van der Waals surface area contributed by atoms with E-state index >= 15 is 0 Å². The highest BCUT2D eigenvalue weighted by atomic mass is 79.9. The van der Waals surface area contributed by atoms with Gasteiger partial charge in [0.25, 0.3) is 0 Å². The monoisotopic (exact) mass is 378 g/mol. The van der Waals surface area contributed by atoms with Crippen LogP contribution in [0.15, 0.2) is 0 Å². The van der Waals surface area contributed by atoms with Crippen LogP contribution >= 0.6 is 15.9 Å². The molecule has 4 heteroatoms. The zero-order chi connectivity index (χ0) is 16.3. The maximum absolute atomic E-state index is 11.3. The Hall–Kier alpha value is -0.250. The molecule has 0 aromatic rings. The number of rotatable bonds is 16. The Morgan fingerprint density at radius 3 is 1.55 bits per heavy atom. The van der Waals surface area contributed by atoms with Crippen LogP contribution in [-0.4, -0.2) is 24.7 Å². The lowest BCUT2D eigenvalue weighted by molar-refractivity contribution is 0.0529. The van der Waals surface area contributed by atoms with Crippen LogP contribution in [0, 0.1) is 0 Å². The molecular formula is C18H35BrO3. The van der Waals surface area contributed by atoms with Gasteiger partial charge < -0.3 is 9.47 Å². The van der Waals surface area contributed by atoms with E-state index in [1.807, 2.05) is 0 Å². The number of carbonyl (C=O) groups excluding carboxylic acids is 1. The molecule has 0 aromatic heterocycles. The van der Waals surface area contributed by atoms with Crippen molar-refractivity contribution >= 4 is 22.1 Å². The van der Waals surface area contributed by atoms with Crippen molar-refractivity contribution in [3.8, 4) is 0 Å². The zero-order valence-corrected chi connectivity index (χ0v) is 16.0. The molecule has 0 fully saturated rings. The van der Waals surface area contributed by atoms with Crippen LogP contribution in [0.3, 0.4) is 0 Å². The van der Waals surface area contributed by atoms with Crippen LogP contribution in [-0.2, 0) is 9.47 Å². The van der Waals surface area contributed by atoms with E-state index in [1.165, 1.54) is 57.8 Å². The maximum Gasteiger partial charge on any atom is 0.508 e. The van der Waals surface area contributed by atoms with Gasteiger partial charge in [0.2, 0.25) is 0 Å². The summed E-state index contributed by atoms with van der Waals surface area (Å²) in [7, 11) is 0. The van der Waals surface area contributed by atoms with Crippen LogP contribution in [0.4, 0.5) is 4.79 Å². The molecule has 0 saturated heterocycles. The number of hydrogen-bond acceptors (Lipinski definition) is 3. The van der Waals surface area contributed by atoms with Gasteiger partial charge in [-0.2, -0.15) is 0 Å². The molecule has 0 aliphatic heterocycles. The minimum atomic E-state index is -0.500. The third-order valence-electron chi connectivity index (χ3n) is 3.72. The first-order valence-electron chi connectivity index (χ1n) is 9.16. The summed E-state index contributed by atoms with van der Waals surface area (Å²) >= 11 is 3.40. The molecule has 0 bridgehead atoms. The van der Waals surface area contributed by atoms with Gasteiger partial charge in [0, 0.05) is 5.33 Å². The van der Waals surface area contributed by atoms with E-state index in [1.54, 1.807) is 0 Å². The molecule has 0 aliphatic carbocycles. The average molecular weight is 379 g/mol. The van der Waals surface area contributed by atoms with Crippen molar-refractivity contribution in [1.82, 2.24) is 0 Å². The zero-order valence-electron chi connectivity index (χ0n) is 14.4. The molecule has 0 unspecified atom stereocenters. The van der Waals surface area contributed by atoms with Crippen molar-refractivity contribution < 1.29 is 14.3 Å². The highest BCUT2D eigenvalue weighted by Crippen LogP contribution is 2.09. The van der Waals surface area contributed by atoms with Crippen LogP contribution < -0.4 is 0 Å². The second-order valence-corrected chi connectivity index (χ2v) is 6.67. The van der Waals surface area contributed by atoms with Crippen molar-refractivity contribution in [2.24, 2.45) is 0 Å². The molecule has 0 aliphatic rings. The summed E-state index contributed by atoms with van der Waals surface area (Å²) in [6.45, 7) is 3.23. The Labute approximate surface area is 145 Å². The summed E-state index contributed by atoms with van der Waals surface area (Å²) in [5.41, 5.74) is 0. The van der Waals surface area contributed by atoms with E-state index in [-0.39, 0.29) is 0 Å². The first kappa shape index (κ1) is 21.8. The largest absolute Gasteiger partial charge is 0.508 e. The third-order valence-corrected chi connectivity index (χ3v) is 4.28. The molecule has 0 spiro atoms. The highest BCUT2D eigenvalue weighted by molar-refractivity contribution is 9.09. The van der Waals surface area contributed by atoms with E-state index in [2.05, 4.69) is 22.9 Å². The Morgan fingerprint density at radius 2 is 1.09 bits per heavy atom. The summed E-state index contributed by atoms with van der Waals surface area (Å²) in [6, 6.07) is 0. The van der Waals surface area contributed by atoms with E-state index in [0.717, 1.165) is 31.0 Å². The molecule has 0 saturated carbocycles. The minimum absolute atomic E-state index is 0.485. The van der Waals surface area contributed by atoms with Gasteiger partial charge in [0.1, 0.15) is 0 Å². The normalized spacial score (nSPS) is 10.6. The van der Waals surface area contributed by atoms with Gasteiger partial charge in [0.15, 0.2) is 0 Å². The van der Waals surface area contributed by atoms with Gasteiger partial charge in [-0.25, -0.2) is 4.79 Å². The lowest BCUT2D eigenvalue weighted by Crippen LogP contribution is -2.09. The maximum atomic E-state index is 11.3. The molecule has 132 valence electrons. The summed E-state index contributed by atoms with van der Waals surface area (Å²) in [4.78, 5) is 11.3. The van der Waals surface area contributed by atoms with Crippen LogP contribution in [0.2, 0.25) is 0 Å². The first-order valence-corrected chi connectivity index (χ1v) is 10.3. The lowest BCUT2D eigenvalue weighted by Gasteiger charge is -2.06. The molecule has 3 nitrogen and oxygen atoms in total. The number of unbranched alkanes of at least 4 members (excludes halogenated alkanes) is 11. The summed E-state index contributed by atoms with van der Waals surface area (Å²) in [5, 5.41) is 1.05. The number of carbonyl (C=O) groups is 1. The minimum Gasteiger partial charge on any atom is -0.434 e. The molecule has 22 heavy (non-hydrogen) atoms. The summed E-state index contributed by atoms with van der Waals surface area (Å²) in [6.07, 6.45) is 15.3. The van der Waals surface area contributed by atoms with Crippen molar-refractivity contribution in [1.29, 1.82) is 0 Å². The highest BCUT2D eigenvalue weighted by Gasteiger charge is 2.02. The van der Waals surface area contributed by atoms with Crippen molar-refractivity contribution in [2.45, 2.75) is 90.4 Å². The van der Waals surface area contributed by atoms with E-state index < -0.39 is 6.16 Å². The second kappa shape index (κ2) is 18.8. The average Bonchev–Trinajstić information content (AvgIpc) is 2.52. The number of ether oxygens (including phenoxy) is 2. The van der Waals surface area contributed by atoms with Crippen LogP contribution in [0.5, 0.6) is 0 Å². The Morgan fingerprint density at radius 1 is 0.682 bits per heavy atom. The second-order valence-electron chi connectivity index (χ2n) is 5.88. The molecule has 0 amide bonds. The molecule has 0 aromatic carbocycles. The Kier molecular flexibility index (Phi) is 18.6. The van der Waals surface area contributed by atoms with Gasteiger partial charge >= 0.3 is 6.16 Å². The quantitative estimate of drug-likeness (QED) is 0.172. The van der Waals surface area contributed by atoms with Crippen molar-refractivity contribution in [3.63, 3.8) is 0 Å². The fraction of sp³-hybridized carbons (Fsp3) is 0.944. The number of alkyl halides is 1.